The van der Waals surface area contributed by atoms with Crippen molar-refractivity contribution in [1.29, 1.82) is 0 Å². The normalized spacial score (nSPS) is 10.8. The zero-order valence-corrected chi connectivity index (χ0v) is 11.0. The predicted molar refractivity (Wildman–Crippen MR) is 77.5 cm³/mol. The molecule has 100 valence electrons. The zero-order valence-electron chi connectivity index (χ0n) is 10.2. The van der Waals surface area contributed by atoms with E-state index in [1.54, 1.807) is 18.2 Å². The fourth-order valence-corrected chi connectivity index (χ4v) is 2.33. The third-order valence-corrected chi connectivity index (χ3v) is 3.27. The maximum absolute atomic E-state index is 9.81. The van der Waals surface area contributed by atoms with Crippen LogP contribution in [0.15, 0.2) is 46.9 Å². The minimum absolute atomic E-state index is 0.101. The van der Waals surface area contributed by atoms with E-state index in [0.29, 0.717) is 21.2 Å². The Morgan fingerprint density at radius 1 is 0.850 bits per heavy atom. The molecule has 20 heavy (non-hydrogen) atoms. The van der Waals surface area contributed by atoms with Gasteiger partial charge in [0.2, 0.25) is 0 Å². The van der Waals surface area contributed by atoms with Crippen LogP contribution in [0.5, 0.6) is 17.2 Å². The van der Waals surface area contributed by atoms with Crippen LogP contribution in [0.4, 0.5) is 0 Å². The molecule has 0 radical (unpaired) electrons. The number of phenols is 3. The molecule has 5 heteroatoms. The monoisotopic (exact) mass is 286 g/mol. The average Bonchev–Trinajstić information content (AvgIpc) is 2.38. The molecule has 2 aromatic carbocycles. The molecule has 4 nitrogen and oxygen atoms in total. The summed E-state index contributed by atoms with van der Waals surface area (Å²) in [5.74, 6) is 0.429. The van der Waals surface area contributed by atoms with Gasteiger partial charge in [-0.2, -0.15) is 0 Å². The number of rotatable bonds is 1. The molecule has 1 aromatic heterocycles. The van der Waals surface area contributed by atoms with E-state index in [0.717, 1.165) is 5.56 Å². The van der Waals surface area contributed by atoms with E-state index >= 15 is 0 Å². The van der Waals surface area contributed by atoms with Crippen LogP contribution >= 0.6 is 12.2 Å². The number of benzene rings is 2. The van der Waals surface area contributed by atoms with Gasteiger partial charge in [-0.15, -0.1) is 0 Å². The molecule has 3 N–H and O–H groups in total. The molecule has 0 bridgehead atoms. The Kier molecular flexibility index (Phi) is 2.84. The van der Waals surface area contributed by atoms with Crippen molar-refractivity contribution in [2.24, 2.45) is 0 Å². The van der Waals surface area contributed by atoms with Gasteiger partial charge in [0.15, 0.2) is 0 Å². The zero-order chi connectivity index (χ0) is 14.3. The summed E-state index contributed by atoms with van der Waals surface area (Å²) in [5, 5.41) is 29.0. The number of fused-ring (bicyclic) bond motifs is 1. The van der Waals surface area contributed by atoms with Crippen molar-refractivity contribution in [3.8, 4) is 28.6 Å². The van der Waals surface area contributed by atoms with E-state index in [4.69, 9.17) is 16.6 Å². The molecular formula is C15H10O4S. The highest BCUT2D eigenvalue weighted by molar-refractivity contribution is 7.71. The van der Waals surface area contributed by atoms with Crippen LogP contribution in [0.2, 0.25) is 0 Å². The number of aromatic hydroxyl groups is 3. The fourth-order valence-electron chi connectivity index (χ4n) is 2.02. The highest BCUT2D eigenvalue weighted by Gasteiger charge is 2.10. The van der Waals surface area contributed by atoms with Gasteiger partial charge in [0, 0.05) is 23.8 Å². The highest BCUT2D eigenvalue weighted by atomic mass is 32.1. The standard InChI is InChI=1S/C15H10O4S/c16-9-3-1-8(2-4-9)12-7-14(20)15-11(18)5-10(17)6-13(15)19-12/h1-7,16-18H. The lowest BCUT2D eigenvalue weighted by atomic mass is 10.1. The molecule has 0 unspecified atom stereocenters. The van der Waals surface area contributed by atoms with Crippen molar-refractivity contribution in [1.82, 2.24) is 0 Å². The quantitative estimate of drug-likeness (QED) is 0.591. The summed E-state index contributed by atoms with van der Waals surface area (Å²) in [7, 11) is 0. The summed E-state index contributed by atoms with van der Waals surface area (Å²) in [5.41, 5.74) is 1.04. The van der Waals surface area contributed by atoms with Crippen LogP contribution in [-0.4, -0.2) is 15.3 Å². The summed E-state index contributed by atoms with van der Waals surface area (Å²) >= 11 is 5.25. The summed E-state index contributed by atoms with van der Waals surface area (Å²) in [6, 6.07) is 10.7. The van der Waals surface area contributed by atoms with E-state index in [1.807, 2.05) is 0 Å². The first-order valence-corrected chi connectivity index (χ1v) is 6.24. The van der Waals surface area contributed by atoms with Gasteiger partial charge < -0.3 is 19.7 Å². The van der Waals surface area contributed by atoms with Gasteiger partial charge in [-0.05, 0) is 24.3 Å². The van der Waals surface area contributed by atoms with Crippen LogP contribution in [0.1, 0.15) is 0 Å². The van der Waals surface area contributed by atoms with Crippen LogP contribution in [0.25, 0.3) is 22.3 Å². The molecule has 0 saturated carbocycles. The van der Waals surface area contributed by atoms with Gasteiger partial charge in [-0.1, -0.05) is 12.2 Å². The molecule has 3 rings (SSSR count). The van der Waals surface area contributed by atoms with Crippen molar-refractivity contribution in [2.75, 3.05) is 0 Å². The molecule has 0 spiro atoms. The average molecular weight is 286 g/mol. The van der Waals surface area contributed by atoms with Crippen molar-refractivity contribution in [2.45, 2.75) is 0 Å². The first-order chi connectivity index (χ1) is 9.54. The Labute approximate surface area is 119 Å². The van der Waals surface area contributed by atoms with Crippen molar-refractivity contribution in [3.63, 3.8) is 0 Å². The van der Waals surface area contributed by atoms with Crippen molar-refractivity contribution in [3.05, 3.63) is 47.0 Å². The van der Waals surface area contributed by atoms with Gasteiger partial charge in [0.1, 0.15) is 28.6 Å². The van der Waals surface area contributed by atoms with Crippen LogP contribution in [-0.2, 0) is 0 Å². The second-order valence-corrected chi connectivity index (χ2v) is 4.80. The molecule has 0 fully saturated rings. The summed E-state index contributed by atoms with van der Waals surface area (Å²) < 4.78 is 6.08. The van der Waals surface area contributed by atoms with Gasteiger partial charge >= 0.3 is 0 Å². The summed E-state index contributed by atoms with van der Waals surface area (Å²) in [6.45, 7) is 0. The Balaban J connectivity index is 2.29. The molecule has 0 aliphatic heterocycles. The Bertz CT molecular complexity index is 850. The second kappa shape index (κ2) is 4.54. The Morgan fingerprint density at radius 2 is 1.55 bits per heavy atom. The maximum Gasteiger partial charge on any atom is 0.143 e. The number of phenolic OH excluding ortho intramolecular Hbond substituents is 3. The maximum atomic E-state index is 9.81. The summed E-state index contributed by atoms with van der Waals surface area (Å²) in [6.07, 6.45) is 0. The van der Waals surface area contributed by atoms with Gasteiger partial charge in [0.25, 0.3) is 0 Å². The third kappa shape index (κ3) is 2.08. The lowest BCUT2D eigenvalue weighted by Crippen LogP contribution is -1.82. The third-order valence-electron chi connectivity index (χ3n) is 2.95. The molecule has 0 atom stereocenters. The first-order valence-electron chi connectivity index (χ1n) is 5.84. The molecule has 0 saturated heterocycles. The lowest BCUT2D eigenvalue weighted by molar-refractivity contribution is 0.452. The van der Waals surface area contributed by atoms with E-state index in [9.17, 15) is 15.3 Å². The fraction of sp³-hybridized carbons (Fsp3) is 0. The first kappa shape index (κ1) is 12.5. The van der Waals surface area contributed by atoms with Gasteiger partial charge in [-0.3, -0.25) is 0 Å². The van der Waals surface area contributed by atoms with Crippen LogP contribution in [0, 0.1) is 4.51 Å². The van der Waals surface area contributed by atoms with Gasteiger partial charge in [0.05, 0.1) is 9.90 Å². The minimum Gasteiger partial charge on any atom is -0.508 e. The SMILES string of the molecule is Oc1ccc(-c2cc(=S)c3c(O)cc(O)cc3o2)cc1. The van der Waals surface area contributed by atoms with Crippen molar-refractivity contribution < 1.29 is 19.7 Å². The molecule has 3 aromatic rings. The molecule has 1 heterocycles. The largest absolute Gasteiger partial charge is 0.508 e. The predicted octanol–water partition coefficient (Wildman–Crippen LogP) is 3.95. The Hall–Kier alpha value is -2.53. The van der Waals surface area contributed by atoms with E-state index < -0.39 is 0 Å². The smallest absolute Gasteiger partial charge is 0.143 e. The molecular weight excluding hydrogens is 276 g/mol. The minimum atomic E-state index is -0.119. The Morgan fingerprint density at radius 3 is 2.25 bits per heavy atom. The second-order valence-electron chi connectivity index (χ2n) is 4.36. The van der Waals surface area contributed by atoms with Crippen LogP contribution in [0.3, 0.4) is 0 Å². The lowest BCUT2D eigenvalue weighted by Gasteiger charge is -2.06. The summed E-state index contributed by atoms with van der Waals surface area (Å²) in [4.78, 5) is 0. The molecule has 0 aliphatic rings. The number of hydrogen-bond donors (Lipinski definition) is 3. The molecule has 0 aliphatic carbocycles. The number of hydrogen-bond acceptors (Lipinski definition) is 5. The van der Waals surface area contributed by atoms with E-state index in [-0.39, 0.29) is 17.2 Å². The highest BCUT2D eigenvalue weighted by Crippen LogP contribution is 2.34. The van der Waals surface area contributed by atoms with E-state index in [2.05, 4.69) is 0 Å². The van der Waals surface area contributed by atoms with Crippen molar-refractivity contribution >= 4 is 23.2 Å². The van der Waals surface area contributed by atoms with Crippen LogP contribution < -0.4 is 0 Å². The topological polar surface area (TPSA) is 73.8 Å². The van der Waals surface area contributed by atoms with E-state index in [1.165, 1.54) is 24.3 Å². The van der Waals surface area contributed by atoms with Gasteiger partial charge in [-0.25, -0.2) is 0 Å². The molecule has 0 amide bonds.